The second-order valence-corrected chi connectivity index (χ2v) is 6.58. The molecule has 0 aliphatic carbocycles. The Labute approximate surface area is 149 Å². The van der Waals surface area contributed by atoms with Crippen molar-refractivity contribution in [3.63, 3.8) is 0 Å². The lowest BCUT2D eigenvalue weighted by Gasteiger charge is -2.46. The van der Waals surface area contributed by atoms with Gasteiger partial charge in [0.2, 0.25) is 0 Å². The van der Waals surface area contributed by atoms with Gasteiger partial charge in [0.25, 0.3) is 0 Å². The van der Waals surface area contributed by atoms with Crippen LogP contribution in [0.5, 0.6) is 0 Å². The van der Waals surface area contributed by atoms with Gasteiger partial charge in [-0.25, -0.2) is 0 Å². The molecule has 0 radical (unpaired) electrons. The number of rotatable bonds is 6. The zero-order valence-corrected chi connectivity index (χ0v) is 14.2. The van der Waals surface area contributed by atoms with Gasteiger partial charge in [-0.1, -0.05) is 0 Å². The Bertz CT molecular complexity index is 471. The van der Waals surface area contributed by atoms with Crippen molar-refractivity contribution in [2.45, 2.75) is 74.6 Å². The summed E-state index contributed by atoms with van der Waals surface area (Å²) in [6, 6.07) is 0. The normalized spacial score (nSPS) is 46.9. The van der Waals surface area contributed by atoms with Gasteiger partial charge in [0, 0.05) is 6.42 Å². The van der Waals surface area contributed by atoms with E-state index in [0.29, 0.717) is 0 Å². The molecule has 0 aromatic carbocycles. The number of aliphatic hydroxyl groups excluding tert-OH is 7. The number of carbonyl (C=O) groups is 1. The molecule has 0 saturated carbocycles. The predicted octanol–water partition coefficient (Wildman–Crippen LogP) is -4.37. The molecule has 7 N–H and O–H groups in total. The van der Waals surface area contributed by atoms with Crippen LogP contribution in [0.25, 0.3) is 0 Å². The molecule has 26 heavy (non-hydrogen) atoms. The van der Waals surface area contributed by atoms with E-state index in [-0.39, 0.29) is 12.2 Å². The first kappa shape index (κ1) is 21.6. The smallest absolute Gasteiger partial charge is 0.187 e. The van der Waals surface area contributed by atoms with Crippen LogP contribution in [0.1, 0.15) is 13.3 Å². The average molecular weight is 382 g/mol. The highest BCUT2D eigenvalue weighted by atomic mass is 16.7. The Hall–Kier alpha value is -0.730. The monoisotopic (exact) mass is 382 g/mol. The van der Waals surface area contributed by atoms with Gasteiger partial charge < -0.3 is 50.0 Å². The molecule has 2 fully saturated rings. The van der Waals surface area contributed by atoms with Gasteiger partial charge in [-0.05, 0) is 6.92 Å². The highest BCUT2D eigenvalue weighted by molar-refractivity contribution is 5.76. The van der Waals surface area contributed by atoms with E-state index >= 15 is 0 Å². The molecule has 152 valence electrons. The lowest BCUT2D eigenvalue weighted by Crippen LogP contribution is -2.64. The molecule has 0 amide bonds. The molecule has 2 saturated heterocycles. The minimum atomic E-state index is -1.72. The third-order valence-electron chi connectivity index (χ3n) is 4.59. The number of hydrogen-bond donors (Lipinski definition) is 7. The molecule has 2 rings (SSSR count). The van der Waals surface area contributed by atoms with E-state index in [1.54, 1.807) is 0 Å². The van der Waals surface area contributed by atoms with E-state index in [2.05, 4.69) is 0 Å². The van der Waals surface area contributed by atoms with E-state index in [0.717, 1.165) is 0 Å². The highest BCUT2D eigenvalue weighted by Gasteiger charge is 2.50. The summed E-state index contributed by atoms with van der Waals surface area (Å²) in [5.41, 5.74) is 0. The van der Waals surface area contributed by atoms with Crippen molar-refractivity contribution >= 4 is 5.78 Å². The molecule has 11 nitrogen and oxygen atoms in total. The molecular formula is C15H26O11. The summed E-state index contributed by atoms with van der Waals surface area (Å²) < 4.78 is 16.0. The van der Waals surface area contributed by atoms with Crippen molar-refractivity contribution in [2.75, 3.05) is 13.2 Å². The lowest BCUT2D eigenvalue weighted by atomic mass is 9.92. The maximum Gasteiger partial charge on any atom is 0.187 e. The zero-order chi connectivity index (χ0) is 19.6. The molecule has 2 aliphatic heterocycles. The molecule has 2 aliphatic rings. The van der Waals surface area contributed by atoms with E-state index in [1.165, 1.54) is 6.92 Å². The van der Waals surface area contributed by atoms with Crippen LogP contribution in [0.4, 0.5) is 0 Å². The number of hydrogen-bond acceptors (Lipinski definition) is 11. The summed E-state index contributed by atoms with van der Waals surface area (Å²) in [7, 11) is 0. The van der Waals surface area contributed by atoms with Gasteiger partial charge in [-0.2, -0.15) is 0 Å². The van der Waals surface area contributed by atoms with Crippen molar-refractivity contribution < 1.29 is 54.8 Å². The second-order valence-electron chi connectivity index (χ2n) is 6.58. The highest BCUT2D eigenvalue weighted by Crippen LogP contribution is 2.30. The Morgan fingerprint density at radius 1 is 0.808 bits per heavy atom. The molecule has 10 atom stereocenters. The number of ether oxygens (including phenoxy) is 3. The molecule has 0 bridgehead atoms. The quantitative estimate of drug-likeness (QED) is 0.235. The maximum atomic E-state index is 11.2. The minimum absolute atomic E-state index is 0.179. The topological polar surface area (TPSA) is 186 Å². The molecule has 0 aromatic rings. The van der Waals surface area contributed by atoms with Crippen LogP contribution >= 0.6 is 0 Å². The zero-order valence-electron chi connectivity index (χ0n) is 14.2. The number of aliphatic hydroxyl groups is 7. The van der Waals surface area contributed by atoms with Crippen molar-refractivity contribution in [1.29, 1.82) is 0 Å². The number of ketones is 1. The molecule has 0 spiro atoms. The fourth-order valence-electron chi connectivity index (χ4n) is 3.12. The molecule has 0 aromatic heterocycles. The van der Waals surface area contributed by atoms with Crippen molar-refractivity contribution in [3.05, 3.63) is 0 Å². The largest absolute Gasteiger partial charge is 0.394 e. The minimum Gasteiger partial charge on any atom is -0.394 e. The number of Topliss-reactive ketones (excluding diaryl/α,β-unsaturated/α-hetero) is 1. The van der Waals surface area contributed by atoms with Crippen molar-refractivity contribution in [2.24, 2.45) is 0 Å². The van der Waals surface area contributed by atoms with E-state index < -0.39 is 74.4 Å². The molecular weight excluding hydrogens is 356 g/mol. The maximum absolute atomic E-state index is 11.2. The van der Waals surface area contributed by atoms with E-state index in [9.17, 15) is 40.5 Å². The summed E-state index contributed by atoms with van der Waals surface area (Å²) in [6.07, 6.45) is -14.6. The van der Waals surface area contributed by atoms with Crippen LogP contribution in [-0.4, -0.2) is 116 Å². The summed E-state index contributed by atoms with van der Waals surface area (Å²) in [6.45, 7) is -0.00546. The summed E-state index contributed by atoms with van der Waals surface area (Å²) in [5, 5.41) is 68.6. The average Bonchev–Trinajstić information content (AvgIpc) is 2.60. The van der Waals surface area contributed by atoms with Gasteiger partial charge in [0.15, 0.2) is 6.29 Å². The van der Waals surface area contributed by atoms with Crippen LogP contribution in [0, 0.1) is 0 Å². The second kappa shape index (κ2) is 8.97. The Morgan fingerprint density at radius 2 is 1.38 bits per heavy atom. The van der Waals surface area contributed by atoms with Crippen LogP contribution < -0.4 is 0 Å². The standard InChI is InChI=1S/C15H26O11/c1-5(18)2-6-9(19)12(22)14(8(4-17)24-6)26-15-13(23)11(21)10(20)7(3-16)25-15/h6-17,19-23H,2-4H2,1H3/t6-,7?,8?,9?,10-,11-,12+,13?,14+,15-/m0/s1. The molecule has 11 heteroatoms. The predicted molar refractivity (Wildman–Crippen MR) is 81.7 cm³/mol. The Kier molecular flexibility index (Phi) is 7.44. The van der Waals surface area contributed by atoms with Crippen molar-refractivity contribution in [1.82, 2.24) is 0 Å². The summed E-state index contributed by atoms with van der Waals surface area (Å²) >= 11 is 0. The fourth-order valence-corrected chi connectivity index (χ4v) is 3.12. The van der Waals surface area contributed by atoms with Gasteiger partial charge >= 0.3 is 0 Å². The van der Waals surface area contributed by atoms with Gasteiger partial charge in [-0.15, -0.1) is 0 Å². The Morgan fingerprint density at radius 3 is 1.92 bits per heavy atom. The van der Waals surface area contributed by atoms with Gasteiger partial charge in [-0.3, -0.25) is 4.79 Å². The van der Waals surface area contributed by atoms with Crippen LogP contribution in [0.3, 0.4) is 0 Å². The first-order valence-corrected chi connectivity index (χ1v) is 8.29. The van der Waals surface area contributed by atoms with Gasteiger partial charge in [0.1, 0.15) is 54.6 Å². The third kappa shape index (κ3) is 4.39. The first-order valence-electron chi connectivity index (χ1n) is 8.29. The van der Waals surface area contributed by atoms with Crippen LogP contribution in [0.15, 0.2) is 0 Å². The molecule has 4 unspecified atom stereocenters. The van der Waals surface area contributed by atoms with Crippen LogP contribution in [0.2, 0.25) is 0 Å². The summed E-state index contributed by atoms with van der Waals surface area (Å²) in [4.78, 5) is 11.2. The first-order chi connectivity index (χ1) is 12.2. The van der Waals surface area contributed by atoms with E-state index in [1.807, 2.05) is 0 Å². The van der Waals surface area contributed by atoms with Crippen molar-refractivity contribution in [3.8, 4) is 0 Å². The summed E-state index contributed by atoms with van der Waals surface area (Å²) in [5.74, 6) is -0.286. The van der Waals surface area contributed by atoms with Gasteiger partial charge in [0.05, 0.1) is 19.3 Å². The number of carbonyl (C=O) groups excluding carboxylic acids is 1. The van der Waals surface area contributed by atoms with E-state index in [4.69, 9.17) is 14.2 Å². The Balaban J connectivity index is 2.12. The SMILES string of the molecule is CC(=O)C[C@@H]1OC(CO)[C@@H](O[C@@H]2OC(CO)[C@H](O)[C@H](O)C2O)[C@H](O)C1O. The fraction of sp³-hybridized carbons (Fsp3) is 0.933. The third-order valence-corrected chi connectivity index (χ3v) is 4.59. The molecule has 2 heterocycles. The van der Waals surface area contributed by atoms with Crippen LogP contribution in [-0.2, 0) is 19.0 Å². The lowest BCUT2D eigenvalue weighted by molar-refractivity contribution is -0.341.